The van der Waals surface area contributed by atoms with Crippen LogP contribution in [0.3, 0.4) is 0 Å². The molecule has 0 spiro atoms. The molecule has 0 fully saturated rings. The highest BCUT2D eigenvalue weighted by Gasteiger charge is 2.21. The molecule has 0 saturated carbocycles. The lowest BCUT2D eigenvalue weighted by molar-refractivity contribution is -0.146. The van der Waals surface area contributed by atoms with Crippen molar-refractivity contribution in [3.63, 3.8) is 0 Å². The van der Waals surface area contributed by atoms with Crippen LogP contribution in [-0.2, 0) is 14.3 Å². The minimum Gasteiger partial charge on any atom is -0.464 e. The van der Waals surface area contributed by atoms with Crippen LogP contribution in [0.2, 0.25) is 0 Å². The van der Waals surface area contributed by atoms with Gasteiger partial charge >= 0.3 is 12.1 Å². The second-order valence-electron chi connectivity index (χ2n) is 7.37. The quantitative estimate of drug-likeness (QED) is 0.150. The molecule has 0 bridgehead atoms. The van der Waals surface area contributed by atoms with E-state index >= 15 is 0 Å². The average molecular weight is 420 g/mol. The van der Waals surface area contributed by atoms with Gasteiger partial charge in [-0.2, -0.15) is 0 Å². The number of nitrogens with one attached hydrogen (secondary N) is 1. The normalized spacial score (nSPS) is 11.8. The Morgan fingerprint density at radius 2 is 1.29 bits per heavy atom. The highest BCUT2D eigenvalue weighted by atomic mass is 35.5. The smallest absolute Gasteiger partial charge is 0.407 e. The summed E-state index contributed by atoms with van der Waals surface area (Å²) >= 11 is 5.48. The lowest BCUT2D eigenvalue weighted by Crippen LogP contribution is -2.42. The summed E-state index contributed by atoms with van der Waals surface area (Å²) in [5.74, 6) is -0.150. The highest BCUT2D eigenvalue weighted by Crippen LogP contribution is 2.12. The molecule has 1 unspecified atom stereocenters. The van der Waals surface area contributed by atoms with Crippen molar-refractivity contribution in [3.8, 4) is 0 Å². The molecule has 6 heteroatoms. The van der Waals surface area contributed by atoms with Crippen molar-refractivity contribution < 1.29 is 19.1 Å². The number of alkyl carbamates (subject to hydrolysis) is 1. The predicted molar refractivity (Wildman–Crippen MR) is 116 cm³/mol. The van der Waals surface area contributed by atoms with E-state index in [0.29, 0.717) is 13.0 Å². The largest absolute Gasteiger partial charge is 0.464 e. The van der Waals surface area contributed by atoms with Gasteiger partial charge in [-0.1, -0.05) is 90.9 Å². The fraction of sp³-hybridized carbons (Fsp3) is 0.909. The van der Waals surface area contributed by atoms with Gasteiger partial charge in [-0.25, -0.2) is 9.59 Å². The highest BCUT2D eigenvalue weighted by molar-refractivity contribution is 6.18. The van der Waals surface area contributed by atoms with E-state index in [1.54, 1.807) is 0 Å². The molecular weight excluding hydrogens is 378 g/mol. The average Bonchev–Trinajstić information content (AvgIpc) is 2.69. The number of halogens is 1. The maximum absolute atomic E-state index is 12.1. The van der Waals surface area contributed by atoms with Crippen molar-refractivity contribution in [2.24, 2.45) is 0 Å². The Kier molecular flexibility index (Phi) is 20.0. The number of amides is 1. The second-order valence-corrected chi connectivity index (χ2v) is 7.75. The standard InChI is InChI=1S/C22H42ClNO4/c1-3-5-6-7-8-9-10-11-12-13-14-15-18-27-21(25)20(16-4-2)24-22(26)28-19-17-23/h20H,3-19H2,1-2H3,(H,24,26). The minimum atomic E-state index is -0.648. The van der Waals surface area contributed by atoms with Crippen molar-refractivity contribution in [3.05, 3.63) is 0 Å². The Labute approximate surface area is 177 Å². The topological polar surface area (TPSA) is 64.6 Å². The Morgan fingerprint density at radius 3 is 1.79 bits per heavy atom. The van der Waals surface area contributed by atoms with E-state index in [2.05, 4.69) is 12.2 Å². The molecule has 0 saturated heterocycles. The molecule has 0 heterocycles. The second kappa shape index (κ2) is 20.8. The lowest BCUT2D eigenvalue weighted by Gasteiger charge is -2.16. The van der Waals surface area contributed by atoms with Crippen LogP contribution in [0.5, 0.6) is 0 Å². The fourth-order valence-electron chi connectivity index (χ4n) is 3.07. The van der Waals surface area contributed by atoms with Gasteiger partial charge in [-0.3, -0.25) is 0 Å². The van der Waals surface area contributed by atoms with Crippen LogP contribution in [0, 0.1) is 0 Å². The summed E-state index contributed by atoms with van der Waals surface area (Å²) in [7, 11) is 0. The molecule has 0 radical (unpaired) electrons. The molecule has 28 heavy (non-hydrogen) atoms. The molecule has 0 aliphatic carbocycles. The zero-order chi connectivity index (χ0) is 20.9. The van der Waals surface area contributed by atoms with Gasteiger partial charge in [-0.15, -0.1) is 11.6 Å². The number of hydrogen-bond donors (Lipinski definition) is 1. The molecule has 1 atom stereocenters. The van der Waals surface area contributed by atoms with Gasteiger partial charge < -0.3 is 14.8 Å². The molecule has 0 aromatic carbocycles. The maximum atomic E-state index is 12.1. The first-order chi connectivity index (χ1) is 13.7. The van der Waals surface area contributed by atoms with Crippen molar-refractivity contribution in [2.75, 3.05) is 19.1 Å². The third-order valence-corrected chi connectivity index (χ3v) is 4.86. The van der Waals surface area contributed by atoms with Gasteiger partial charge in [0.05, 0.1) is 12.5 Å². The summed E-state index contributed by atoms with van der Waals surface area (Å²) in [6.45, 7) is 4.74. The van der Waals surface area contributed by atoms with E-state index in [4.69, 9.17) is 21.1 Å². The number of rotatable bonds is 19. The van der Waals surface area contributed by atoms with Crippen LogP contribution in [0.15, 0.2) is 0 Å². The van der Waals surface area contributed by atoms with Gasteiger partial charge in [0.25, 0.3) is 0 Å². The third-order valence-electron chi connectivity index (χ3n) is 4.71. The van der Waals surface area contributed by atoms with Crippen LogP contribution in [0.25, 0.3) is 0 Å². The van der Waals surface area contributed by atoms with Gasteiger partial charge in [0.1, 0.15) is 12.6 Å². The molecule has 1 amide bonds. The van der Waals surface area contributed by atoms with E-state index in [9.17, 15) is 9.59 Å². The number of alkyl halides is 1. The molecule has 1 N–H and O–H groups in total. The van der Waals surface area contributed by atoms with E-state index in [1.165, 1.54) is 64.2 Å². The summed E-state index contributed by atoms with van der Waals surface area (Å²) in [6.07, 6.45) is 15.9. The summed E-state index contributed by atoms with van der Waals surface area (Å²) in [6, 6.07) is -0.648. The Morgan fingerprint density at radius 1 is 0.750 bits per heavy atom. The zero-order valence-corrected chi connectivity index (χ0v) is 18.9. The van der Waals surface area contributed by atoms with Crippen molar-refractivity contribution in [2.45, 2.75) is 110 Å². The number of hydrogen-bond acceptors (Lipinski definition) is 4. The Bertz CT molecular complexity index is 380. The lowest BCUT2D eigenvalue weighted by atomic mass is 10.1. The van der Waals surface area contributed by atoms with Crippen LogP contribution in [0.1, 0.15) is 104 Å². The van der Waals surface area contributed by atoms with Gasteiger partial charge in [0, 0.05) is 0 Å². The number of ether oxygens (including phenoxy) is 2. The van der Waals surface area contributed by atoms with E-state index in [-0.39, 0.29) is 18.5 Å². The number of carbonyl (C=O) groups excluding carboxylic acids is 2. The first-order valence-electron chi connectivity index (χ1n) is 11.3. The fourth-order valence-corrected chi connectivity index (χ4v) is 3.15. The molecule has 0 aromatic heterocycles. The molecule has 0 rings (SSSR count). The maximum Gasteiger partial charge on any atom is 0.407 e. The van der Waals surface area contributed by atoms with E-state index in [0.717, 1.165) is 19.3 Å². The Balaban J connectivity index is 3.63. The zero-order valence-electron chi connectivity index (χ0n) is 18.1. The predicted octanol–water partition coefficient (Wildman–Crippen LogP) is 6.36. The van der Waals surface area contributed by atoms with Crippen LogP contribution < -0.4 is 5.32 Å². The molecule has 0 aliphatic rings. The van der Waals surface area contributed by atoms with Crippen molar-refractivity contribution >= 4 is 23.7 Å². The van der Waals surface area contributed by atoms with Gasteiger partial charge in [-0.05, 0) is 12.8 Å². The summed E-state index contributed by atoms with van der Waals surface area (Å²) < 4.78 is 10.2. The Hall–Kier alpha value is -0.970. The molecule has 0 aromatic rings. The minimum absolute atomic E-state index is 0.125. The number of unbranched alkanes of at least 4 members (excludes halogenated alkanes) is 11. The summed E-state index contributed by atoms with van der Waals surface area (Å²) in [5.41, 5.74) is 0. The molecule has 166 valence electrons. The van der Waals surface area contributed by atoms with Crippen molar-refractivity contribution in [1.82, 2.24) is 5.32 Å². The third kappa shape index (κ3) is 17.2. The molecular formula is C22H42ClNO4. The first-order valence-corrected chi connectivity index (χ1v) is 11.8. The van der Waals surface area contributed by atoms with Gasteiger partial charge in [0.15, 0.2) is 0 Å². The van der Waals surface area contributed by atoms with E-state index < -0.39 is 12.1 Å². The molecule has 5 nitrogen and oxygen atoms in total. The summed E-state index contributed by atoms with van der Waals surface area (Å²) in [5, 5.41) is 2.55. The van der Waals surface area contributed by atoms with E-state index in [1.807, 2.05) is 6.92 Å². The van der Waals surface area contributed by atoms with Crippen molar-refractivity contribution in [1.29, 1.82) is 0 Å². The molecule has 0 aliphatic heterocycles. The number of esters is 1. The monoisotopic (exact) mass is 419 g/mol. The number of carbonyl (C=O) groups is 2. The summed E-state index contributed by atoms with van der Waals surface area (Å²) in [4.78, 5) is 23.7. The van der Waals surface area contributed by atoms with Crippen LogP contribution in [0.4, 0.5) is 4.79 Å². The van der Waals surface area contributed by atoms with Crippen LogP contribution in [-0.4, -0.2) is 37.2 Å². The SMILES string of the molecule is CCCCCCCCCCCCCCOC(=O)C(CCC)NC(=O)OCCCl. The van der Waals surface area contributed by atoms with Crippen LogP contribution >= 0.6 is 11.6 Å². The van der Waals surface area contributed by atoms with Gasteiger partial charge in [0.2, 0.25) is 0 Å². The first kappa shape index (κ1) is 27.0.